The number of hydrogen-bond donors (Lipinski definition) is 1. The zero-order valence-corrected chi connectivity index (χ0v) is 24.5. The maximum Gasteiger partial charge on any atom is 0.254 e. The first-order chi connectivity index (χ1) is 19.2. The molecular weight excluding hydrogens is 568 g/mol. The molecule has 200 valence electrons. The highest BCUT2D eigenvalue weighted by Crippen LogP contribution is 2.40. The summed E-state index contributed by atoms with van der Waals surface area (Å²) in [4.78, 5) is 19.6. The van der Waals surface area contributed by atoms with E-state index in [2.05, 4.69) is 63.7 Å². The first-order valence-electron chi connectivity index (χ1n) is 14.0. The minimum atomic E-state index is 0.0619. The Morgan fingerprint density at radius 2 is 1.82 bits per heavy atom. The standard InChI is InChI=1S/C33H33BrN2O2S/c34-28-19-22(17-18-29(28)38-21-24-11-8-10-23-9-4-5-14-26(23)24)20-35-33-31(27-15-6-7-16-30(27)39-33)32(37)36-25-12-2-1-3-13-25/h4-5,8-11,14,17-20,25H,1-3,6-7,12-13,15-16,21H2,(H,36,37). The highest BCUT2D eigenvalue weighted by Gasteiger charge is 2.27. The Hall–Kier alpha value is -2.96. The molecular formula is C33H33BrN2O2S. The van der Waals surface area contributed by atoms with Gasteiger partial charge in [-0.1, -0.05) is 61.7 Å². The lowest BCUT2D eigenvalue weighted by molar-refractivity contribution is 0.0927. The number of aryl methyl sites for hydroxylation is 1. The van der Waals surface area contributed by atoms with Crippen LogP contribution in [0, 0.1) is 0 Å². The van der Waals surface area contributed by atoms with E-state index in [4.69, 9.17) is 9.73 Å². The number of nitrogens with one attached hydrogen (secondary N) is 1. The molecule has 2 aliphatic carbocycles. The number of halogens is 1. The van der Waals surface area contributed by atoms with Crippen LogP contribution in [0.3, 0.4) is 0 Å². The second kappa shape index (κ2) is 12.1. The van der Waals surface area contributed by atoms with E-state index < -0.39 is 0 Å². The molecule has 0 bridgehead atoms. The molecule has 6 rings (SSSR count). The van der Waals surface area contributed by atoms with E-state index >= 15 is 0 Å². The quantitative estimate of drug-likeness (QED) is 0.215. The van der Waals surface area contributed by atoms with Crippen molar-refractivity contribution in [1.82, 2.24) is 5.32 Å². The molecule has 0 aliphatic heterocycles. The van der Waals surface area contributed by atoms with Gasteiger partial charge in [-0.2, -0.15) is 0 Å². The predicted molar refractivity (Wildman–Crippen MR) is 165 cm³/mol. The van der Waals surface area contributed by atoms with Gasteiger partial charge in [-0.05, 0) is 100 Å². The second-order valence-corrected chi connectivity index (χ2v) is 12.5. The summed E-state index contributed by atoms with van der Waals surface area (Å²) in [7, 11) is 0. The lowest BCUT2D eigenvalue weighted by Crippen LogP contribution is -2.36. The van der Waals surface area contributed by atoms with Crippen molar-refractivity contribution in [3.8, 4) is 5.75 Å². The zero-order valence-electron chi connectivity index (χ0n) is 22.0. The van der Waals surface area contributed by atoms with Crippen LogP contribution in [0.25, 0.3) is 10.8 Å². The number of hydrogen-bond acceptors (Lipinski definition) is 4. The van der Waals surface area contributed by atoms with Gasteiger partial charge in [0.25, 0.3) is 5.91 Å². The third-order valence-corrected chi connectivity index (χ3v) is 9.69. The molecule has 1 saturated carbocycles. The lowest BCUT2D eigenvalue weighted by Gasteiger charge is -2.23. The Bertz CT molecular complexity index is 1510. The summed E-state index contributed by atoms with van der Waals surface area (Å²) in [6, 6.07) is 21.0. The summed E-state index contributed by atoms with van der Waals surface area (Å²) < 4.78 is 7.07. The van der Waals surface area contributed by atoms with Crippen LogP contribution in [0.5, 0.6) is 5.75 Å². The van der Waals surface area contributed by atoms with Crippen LogP contribution in [0.15, 0.2) is 70.1 Å². The number of carbonyl (C=O) groups is 1. The van der Waals surface area contributed by atoms with Crippen LogP contribution in [0.1, 0.15) is 76.9 Å². The molecule has 1 N–H and O–H groups in total. The van der Waals surface area contributed by atoms with Gasteiger partial charge in [0.2, 0.25) is 0 Å². The molecule has 39 heavy (non-hydrogen) atoms. The maximum absolute atomic E-state index is 13.4. The van der Waals surface area contributed by atoms with Crippen LogP contribution in [0.2, 0.25) is 0 Å². The van der Waals surface area contributed by atoms with Crippen molar-refractivity contribution in [1.29, 1.82) is 0 Å². The summed E-state index contributed by atoms with van der Waals surface area (Å²) in [5, 5.41) is 6.59. The SMILES string of the molecule is O=C(NC1CCCCC1)c1c(N=Cc2ccc(OCc3cccc4ccccc34)c(Br)c2)sc2c1CCCC2. The number of carbonyl (C=O) groups excluding carboxylic acids is 1. The van der Waals surface area contributed by atoms with Gasteiger partial charge in [-0.3, -0.25) is 4.79 Å². The molecule has 0 saturated heterocycles. The third-order valence-electron chi connectivity index (χ3n) is 7.87. The van der Waals surface area contributed by atoms with Gasteiger partial charge in [0.1, 0.15) is 17.4 Å². The Labute approximate surface area is 242 Å². The number of fused-ring (bicyclic) bond motifs is 2. The molecule has 1 aromatic heterocycles. The molecule has 3 aromatic carbocycles. The molecule has 0 radical (unpaired) electrons. The Morgan fingerprint density at radius 3 is 2.69 bits per heavy atom. The molecule has 6 heteroatoms. The van der Waals surface area contributed by atoms with Crippen LogP contribution < -0.4 is 10.1 Å². The first-order valence-corrected chi connectivity index (χ1v) is 15.6. The van der Waals surface area contributed by atoms with Gasteiger partial charge < -0.3 is 10.1 Å². The van der Waals surface area contributed by atoms with Crippen LogP contribution in [-0.2, 0) is 19.4 Å². The molecule has 4 aromatic rings. The van der Waals surface area contributed by atoms with E-state index in [1.165, 1.54) is 46.9 Å². The number of nitrogens with zero attached hydrogens (tertiary/aromatic N) is 1. The third kappa shape index (κ3) is 5.97. The average Bonchev–Trinajstić information content (AvgIpc) is 3.35. The molecule has 2 aliphatic rings. The summed E-state index contributed by atoms with van der Waals surface area (Å²) in [5.74, 6) is 0.853. The van der Waals surface area contributed by atoms with Gasteiger partial charge in [-0.25, -0.2) is 4.99 Å². The highest BCUT2D eigenvalue weighted by molar-refractivity contribution is 9.10. The monoisotopic (exact) mass is 600 g/mol. The number of aliphatic imine (C=N–C) groups is 1. The number of thiophene rings is 1. The van der Waals surface area contributed by atoms with Gasteiger partial charge in [0.15, 0.2) is 0 Å². The summed E-state index contributed by atoms with van der Waals surface area (Å²) in [6.45, 7) is 0.494. The normalized spacial score (nSPS) is 15.9. The van der Waals surface area contributed by atoms with E-state index in [1.54, 1.807) is 11.3 Å². The molecule has 0 unspecified atom stereocenters. The van der Waals surface area contributed by atoms with Crippen LogP contribution in [0.4, 0.5) is 5.00 Å². The van der Waals surface area contributed by atoms with E-state index in [9.17, 15) is 4.79 Å². The van der Waals surface area contributed by atoms with Crippen molar-refractivity contribution < 1.29 is 9.53 Å². The van der Waals surface area contributed by atoms with Gasteiger partial charge in [0.05, 0.1) is 10.0 Å². The molecule has 1 amide bonds. The largest absolute Gasteiger partial charge is 0.488 e. The van der Waals surface area contributed by atoms with Gasteiger partial charge >= 0.3 is 0 Å². The van der Waals surface area contributed by atoms with E-state index in [0.717, 1.165) is 64.0 Å². The fourth-order valence-corrected chi connectivity index (χ4v) is 7.54. The van der Waals surface area contributed by atoms with E-state index in [1.807, 2.05) is 24.4 Å². The van der Waals surface area contributed by atoms with Crippen molar-refractivity contribution in [2.45, 2.75) is 70.4 Å². The summed E-state index contributed by atoms with van der Waals surface area (Å²) >= 11 is 5.38. The Kier molecular flexibility index (Phi) is 8.12. The lowest BCUT2D eigenvalue weighted by atomic mass is 9.93. The zero-order chi connectivity index (χ0) is 26.6. The topological polar surface area (TPSA) is 50.7 Å². The number of amides is 1. The average molecular weight is 602 g/mol. The fraction of sp³-hybridized carbons (Fsp3) is 0.333. The van der Waals surface area contributed by atoms with Crippen molar-refractivity contribution in [2.75, 3.05) is 0 Å². The van der Waals surface area contributed by atoms with Crippen molar-refractivity contribution in [2.24, 2.45) is 4.99 Å². The second-order valence-electron chi connectivity index (χ2n) is 10.6. The predicted octanol–water partition coefficient (Wildman–Crippen LogP) is 8.93. The fourth-order valence-electron chi connectivity index (χ4n) is 5.80. The maximum atomic E-state index is 13.4. The minimum Gasteiger partial charge on any atom is -0.488 e. The van der Waals surface area contributed by atoms with Crippen molar-refractivity contribution in [3.63, 3.8) is 0 Å². The highest BCUT2D eigenvalue weighted by atomic mass is 79.9. The number of benzene rings is 3. The van der Waals surface area contributed by atoms with Crippen LogP contribution in [-0.4, -0.2) is 18.2 Å². The first kappa shape index (κ1) is 26.3. The van der Waals surface area contributed by atoms with Gasteiger partial charge in [-0.15, -0.1) is 11.3 Å². The molecule has 1 heterocycles. The number of rotatable bonds is 7. The van der Waals surface area contributed by atoms with Crippen molar-refractivity contribution >= 4 is 55.2 Å². The summed E-state index contributed by atoms with van der Waals surface area (Å²) in [6.07, 6.45) is 12.1. The molecule has 1 fully saturated rings. The minimum absolute atomic E-state index is 0.0619. The Balaban J connectivity index is 1.19. The van der Waals surface area contributed by atoms with Gasteiger partial charge in [0, 0.05) is 17.1 Å². The van der Waals surface area contributed by atoms with Crippen LogP contribution >= 0.6 is 27.3 Å². The summed E-state index contributed by atoms with van der Waals surface area (Å²) in [5.41, 5.74) is 4.16. The molecule has 0 spiro atoms. The molecule has 0 atom stereocenters. The Morgan fingerprint density at radius 1 is 1.00 bits per heavy atom. The van der Waals surface area contributed by atoms with Crippen molar-refractivity contribution in [3.05, 3.63) is 92.3 Å². The number of ether oxygens (including phenoxy) is 1. The smallest absolute Gasteiger partial charge is 0.254 e. The molecule has 4 nitrogen and oxygen atoms in total. The van der Waals surface area contributed by atoms with E-state index in [0.29, 0.717) is 12.6 Å². The van der Waals surface area contributed by atoms with E-state index in [-0.39, 0.29) is 5.91 Å².